The predicted octanol–water partition coefficient (Wildman–Crippen LogP) is 2.07. The number of carbonyl (C=O) groups is 1. The molecule has 2 aromatic heterocycles. The summed E-state index contributed by atoms with van der Waals surface area (Å²) in [6, 6.07) is 8.78. The van der Waals surface area contributed by atoms with E-state index in [0.717, 1.165) is 5.56 Å². The minimum Gasteiger partial charge on any atom is -0.491 e. The fraction of sp³-hybridized carbons (Fsp3) is 0.222. The molecule has 0 radical (unpaired) electrons. The Morgan fingerprint density at radius 3 is 2.85 bits per heavy atom. The molecule has 1 atom stereocenters. The molecule has 2 N–H and O–H groups in total. The maximum Gasteiger partial charge on any atom is 0.315 e. The number of carbonyl (C=O) groups excluding carboxylic acids is 1. The number of nitrogens with one attached hydrogen (secondary N) is 2. The number of hydrogen-bond donors (Lipinski definition) is 2. The van der Waals surface area contributed by atoms with Crippen molar-refractivity contribution in [3.63, 3.8) is 0 Å². The van der Waals surface area contributed by atoms with E-state index in [1.807, 2.05) is 13.0 Å². The summed E-state index contributed by atoms with van der Waals surface area (Å²) in [5, 5.41) is 9.62. The maximum absolute atomic E-state index is 12.9. The van der Waals surface area contributed by atoms with Gasteiger partial charge in [-0.3, -0.25) is 0 Å². The number of halogens is 1. The Morgan fingerprint density at radius 2 is 2.11 bits per heavy atom. The molecule has 0 saturated heterocycles. The lowest BCUT2D eigenvalue weighted by Gasteiger charge is -2.16. The van der Waals surface area contributed by atoms with Gasteiger partial charge in [0.1, 0.15) is 30.8 Å². The molecule has 0 spiro atoms. The second-order valence-electron chi connectivity index (χ2n) is 5.82. The highest BCUT2D eigenvalue weighted by molar-refractivity contribution is 5.74. The summed E-state index contributed by atoms with van der Waals surface area (Å²) in [4.78, 5) is 20.3. The van der Waals surface area contributed by atoms with E-state index >= 15 is 0 Å². The molecule has 140 valence electrons. The molecule has 2 amide bonds. The maximum atomic E-state index is 12.9. The van der Waals surface area contributed by atoms with Gasteiger partial charge in [-0.2, -0.15) is 5.10 Å². The minimum atomic E-state index is -0.335. The lowest BCUT2D eigenvalue weighted by molar-refractivity contribution is 0.226. The van der Waals surface area contributed by atoms with Gasteiger partial charge in [-0.1, -0.05) is 6.07 Å². The van der Waals surface area contributed by atoms with Gasteiger partial charge in [0, 0.05) is 18.3 Å². The molecular weight excluding hydrogens is 351 g/mol. The van der Waals surface area contributed by atoms with Crippen LogP contribution in [0.2, 0.25) is 0 Å². The monoisotopic (exact) mass is 370 g/mol. The van der Waals surface area contributed by atoms with Crippen molar-refractivity contribution >= 4 is 6.03 Å². The molecule has 2 heterocycles. The van der Waals surface area contributed by atoms with Crippen LogP contribution in [0, 0.1) is 5.82 Å². The highest BCUT2D eigenvalue weighted by atomic mass is 19.1. The number of hydrogen-bond acceptors (Lipinski definition) is 5. The lowest BCUT2D eigenvalue weighted by atomic mass is 10.2. The van der Waals surface area contributed by atoms with Crippen molar-refractivity contribution in [3.8, 4) is 11.6 Å². The van der Waals surface area contributed by atoms with Gasteiger partial charge in [-0.05, 0) is 37.3 Å². The summed E-state index contributed by atoms with van der Waals surface area (Å²) in [5.41, 5.74) is 0.799. The number of amides is 2. The number of rotatable bonds is 7. The topological polar surface area (TPSA) is 94.0 Å². The molecule has 8 nitrogen and oxygen atoms in total. The van der Waals surface area contributed by atoms with Crippen LogP contribution >= 0.6 is 0 Å². The summed E-state index contributed by atoms with van der Waals surface area (Å²) >= 11 is 0. The van der Waals surface area contributed by atoms with E-state index in [-0.39, 0.29) is 31.0 Å². The van der Waals surface area contributed by atoms with E-state index in [2.05, 4.69) is 25.7 Å². The van der Waals surface area contributed by atoms with E-state index in [1.54, 1.807) is 18.6 Å². The van der Waals surface area contributed by atoms with Crippen LogP contribution in [0.1, 0.15) is 12.5 Å². The lowest BCUT2D eigenvalue weighted by Crippen LogP contribution is -2.43. The molecule has 1 aromatic carbocycles. The predicted molar refractivity (Wildman–Crippen MR) is 95.9 cm³/mol. The molecule has 27 heavy (non-hydrogen) atoms. The average Bonchev–Trinajstić information content (AvgIpc) is 3.21. The van der Waals surface area contributed by atoms with E-state index < -0.39 is 0 Å². The van der Waals surface area contributed by atoms with Crippen LogP contribution in [-0.2, 0) is 6.54 Å². The molecular formula is C18H19FN6O2. The van der Waals surface area contributed by atoms with Gasteiger partial charge in [0.2, 0.25) is 0 Å². The van der Waals surface area contributed by atoms with Crippen LogP contribution in [0.3, 0.4) is 0 Å². The van der Waals surface area contributed by atoms with Gasteiger partial charge in [0.25, 0.3) is 0 Å². The van der Waals surface area contributed by atoms with Gasteiger partial charge in [-0.15, -0.1) is 0 Å². The van der Waals surface area contributed by atoms with Crippen LogP contribution in [0.15, 0.2) is 55.2 Å². The van der Waals surface area contributed by atoms with Crippen LogP contribution in [0.25, 0.3) is 5.82 Å². The van der Waals surface area contributed by atoms with E-state index in [4.69, 9.17) is 4.74 Å². The Bertz CT molecular complexity index is 870. The van der Waals surface area contributed by atoms with Crippen molar-refractivity contribution in [3.05, 3.63) is 66.6 Å². The molecule has 1 unspecified atom stereocenters. The highest BCUT2D eigenvalue weighted by Gasteiger charge is 2.11. The molecule has 3 aromatic rings. The minimum absolute atomic E-state index is 0.237. The van der Waals surface area contributed by atoms with Crippen molar-refractivity contribution in [2.24, 2.45) is 0 Å². The summed E-state index contributed by atoms with van der Waals surface area (Å²) in [5.74, 6) is 0.815. The van der Waals surface area contributed by atoms with E-state index in [0.29, 0.717) is 11.6 Å². The molecule has 3 rings (SSSR count). The van der Waals surface area contributed by atoms with Crippen molar-refractivity contribution in [1.29, 1.82) is 0 Å². The third-order valence-electron chi connectivity index (χ3n) is 3.63. The molecule has 0 aliphatic carbocycles. The smallest absolute Gasteiger partial charge is 0.315 e. The second-order valence-corrected chi connectivity index (χ2v) is 5.82. The number of benzene rings is 1. The SMILES string of the molecule is CC(COc1ccc(F)cc1)NC(=O)NCc1cccnc1-n1cncn1. The Balaban J connectivity index is 1.48. The first-order chi connectivity index (χ1) is 13.1. The zero-order chi connectivity index (χ0) is 19.1. The zero-order valence-electron chi connectivity index (χ0n) is 14.7. The van der Waals surface area contributed by atoms with Crippen molar-refractivity contribution in [2.45, 2.75) is 19.5 Å². The molecule has 0 fully saturated rings. The molecule has 0 aliphatic heterocycles. The van der Waals surface area contributed by atoms with E-state index in [9.17, 15) is 9.18 Å². The highest BCUT2D eigenvalue weighted by Crippen LogP contribution is 2.11. The Hall–Kier alpha value is -3.49. The number of aromatic nitrogens is 4. The van der Waals surface area contributed by atoms with Gasteiger partial charge in [0.15, 0.2) is 5.82 Å². The van der Waals surface area contributed by atoms with E-state index in [1.165, 1.54) is 35.3 Å². The van der Waals surface area contributed by atoms with Gasteiger partial charge < -0.3 is 15.4 Å². The summed E-state index contributed by atoms with van der Waals surface area (Å²) in [6.45, 7) is 2.35. The number of pyridine rings is 1. The summed E-state index contributed by atoms with van der Waals surface area (Å²) in [6.07, 6.45) is 4.61. The van der Waals surface area contributed by atoms with Crippen LogP contribution < -0.4 is 15.4 Å². The van der Waals surface area contributed by atoms with Crippen LogP contribution in [-0.4, -0.2) is 38.4 Å². The first-order valence-electron chi connectivity index (χ1n) is 8.33. The quantitative estimate of drug-likeness (QED) is 0.664. The van der Waals surface area contributed by atoms with Gasteiger partial charge in [0.05, 0.1) is 6.04 Å². The standard InChI is InChI=1S/C18H19FN6O2/c1-13(10-27-16-6-4-15(19)5-7-16)24-18(26)22-9-14-3-2-8-21-17(14)25-12-20-11-23-25/h2-8,11-13H,9-10H2,1H3,(H2,22,24,26). The summed E-state index contributed by atoms with van der Waals surface area (Å²) in [7, 11) is 0. The van der Waals surface area contributed by atoms with Crippen LogP contribution in [0.5, 0.6) is 5.75 Å². The fourth-order valence-electron chi connectivity index (χ4n) is 2.34. The summed E-state index contributed by atoms with van der Waals surface area (Å²) < 4.78 is 19.9. The first kappa shape index (κ1) is 18.3. The Labute approximate surface area is 155 Å². The second kappa shape index (κ2) is 8.75. The largest absolute Gasteiger partial charge is 0.491 e. The number of ether oxygens (including phenoxy) is 1. The normalized spacial score (nSPS) is 11.6. The third-order valence-corrected chi connectivity index (χ3v) is 3.63. The van der Waals surface area contributed by atoms with Gasteiger partial charge >= 0.3 is 6.03 Å². The van der Waals surface area contributed by atoms with Crippen molar-refractivity contribution in [1.82, 2.24) is 30.4 Å². The van der Waals surface area contributed by atoms with Gasteiger partial charge in [-0.25, -0.2) is 23.8 Å². The molecule has 0 bridgehead atoms. The molecule has 0 aliphatic rings. The van der Waals surface area contributed by atoms with Crippen molar-refractivity contribution in [2.75, 3.05) is 6.61 Å². The third kappa shape index (κ3) is 5.24. The van der Waals surface area contributed by atoms with Crippen molar-refractivity contribution < 1.29 is 13.9 Å². The number of urea groups is 1. The Morgan fingerprint density at radius 1 is 1.30 bits per heavy atom. The Kier molecular flexibility index (Phi) is 5.93. The molecule has 9 heteroatoms. The zero-order valence-corrected chi connectivity index (χ0v) is 14.7. The first-order valence-corrected chi connectivity index (χ1v) is 8.33. The molecule has 0 saturated carbocycles. The van der Waals surface area contributed by atoms with Crippen LogP contribution in [0.4, 0.5) is 9.18 Å². The fourth-order valence-corrected chi connectivity index (χ4v) is 2.34. The average molecular weight is 370 g/mol. The number of nitrogens with zero attached hydrogens (tertiary/aromatic N) is 4.